The highest BCUT2D eigenvalue weighted by Gasteiger charge is 2.03. The van der Waals surface area contributed by atoms with Gasteiger partial charge in [-0.2, -0.15) is 0 Å². The fourth-order valence-electron chi connectivity index (χ4n) is 0.902. The van der Waals surface area contributed by atoms with Gasteiger partial charge in [0.15, 0.2) is 12.1 Å². The first-order chi connectivity index (χ1) is 6.27. The van der Waals surface area contributed by atoms with Gasteiger partial charge in [0.1, 0.15) is 10.4 Å². The molecule has 0 aliphatic carbocycles. The molecule has 5 heteroatoms. The maximum absolute atomic E-state index is 10.5. The van der Waals surface area contributed by atoms with E-state index < -0.39 is 0 Å². The van der Waals surface area contributed by atoms with Crippen LogP contribution >= 0.6 is 22.6 Å². The molecule has 1 aromatic heterocycles. The van der Waals surface area contributed by atoms with E-state index in [1.165, 1.54) is 0 Å². The minimum atomic E-state index is 0.401. The van der Waals surface area contributed by atoms with Crippen LogP contribution in [0.3, 0.4) is 0 Å². The van der Waals surface area contributed by atoms with Crippen molar-refractivity contribution in [1.82, 2.24) is 9.55 Å². The highest BCUT2D eigenvalue weighted by molar-refractivity contribution is 14.1. The third-order valence-corrected chi connectivity index (χ3v) is 1.98. The highest BCUT2D eigenvalue weighted by Crippen LogP contribution is 2.04. The lowest BCUT2D eigenvalue weighted by Gasteiger charge is -2.03. The van der Waals surface area contributed by atoms with E-state index in [4.69, 9.17) is 4.74 Å². The van der Waals surface area contributed by atoms with Gasteiger partial charge in [-0.25, -0.2) is 4.98 Å². The number of carbonyl (C=O) groups is 1. The smallest absolute Gasteiger partial charge is 0.185 e. The van der Waals surface area contributed by atoms with Crippen molar-refractivity contribution in [2.75, 3.05) is 6.61 Å². The summed E-state index contributed by atoms with van der Waals surface area (Å²) in [4.78, 5) is 14.5. The van der Waals surface area contributed by atoms with E-state index in [2.05, 4.69) is 27.6 Å². The third kappa shape index (κ3) is 3.07. The molecule has 72 valence electrons. The Morgan fingerprint density at radius 1 is 1.77 bits per heavy atom. The molecule has 13 heavy (non-hydrogen) atoms. The van der Waals surface area contributed by atoms with Gasteiger partial charge in [0.25, 0.3) is 0 Å². The van der Waals surface area contributed by atoms with Crippen molar-refractivity contribution in [3.63, 3.8) is 0 Å². The van der Waals surface area contributed by atoms with Crippen molar-refractivity contribution < 1.29 is 9.53 Å². The average Bonchev–Trinajstić information content (AvgIpc) is 2.47. The van der Waals surface area contributed by atoms with Gasteiger partial charge < -0.3 is 9.30 Å². The number of aldehydes is 1. The van der Waals surface area contributed by atoms with Gasteiger partial charge in [-0.1, -0.05) is 6.92 Å². The van der Waals surface area contributed by atoms with Crippen LogP contribution in [0.4, 0.5) is 0 Å². The molecular weight excluding hydrogens is 283 g/mol. The Kier molecular flexibility index (Phi) is 4.37. The van der Waals surface area contributed by atoms with Crippen LogP contribution in [0.1, 0.15) is 24.0 Å². The van der Waals surface area contributed by atoms with Crippen LogP contribution < -0.4 is 0 Å². The Hall–Kier alpha value is -0.430. The quantitative estimate of drug-likeness (QED) is 0.471. The summed E-state index contributed by atoms with van der Waals surface area (Å²) in [6, 6.07) is 0. The molecule has 0 fully saturated rings. The first-order valence-corrected chi connectivity index (χ1v) is 5.11. The summed E-state index contributed by atoms with van der Waals surface area (Å²) in [7, 11) is 0. The van der Waals surface area contributed by atoms with Gasteiger partial charge in [-0.05, 0) is 29.0 Å². The number of ether oxygens (including phenoxy) is 1. The zero-order valence-electron chi connectivity index (χ0n) is 7.36. The fourth-order valence-corrected chi connectivity index (χ4v) is 1.49. The Balaban J connectivity index is 2.58. The van der Waals surface area contributed by atoms with E-state index in [0.717, 1.165) is 16.4 Å². The zero-order chi connectivity index (χ0) is 9.68. The number of halogens is 1. The first kappa shape index (κ1) is 10.6. The Morgan fingerprint density at radius 3 is 3.15 bits per heavy atom. The molecule has 1 aromatic rings. The SMILES string of the molecule is CCCOCn1cc(I)nc1C=O. The number of carbonyl (C=O) groups excluding carboxylic acids is 1. The normalized spacial score (nSPS) is 10.3. The van der Waals surface area contributed by atoms with Crippen LogP contribution in [0.15, 0.2) is 6.20 Å². The largest absolute Gasteiger partial charge is 0.361 e. The van der Waals surface area contributed by atoms with Gasteiger partial charge >= 0.3 is 0 Å². The van der Waals surface area contributed by atoms with Crippen LogP contribution in [0.5, 0.6) is 0 Å². The molecule has 0 saturated heterocycles. The molecular formula is C8H11IN2O2. The van der Waals surface area contributed by atoms with E-state index in [0.29, 0.717) is 19.2 Å². The maximum Gasteiger partial charge on any atom is 0.185 e. The minimum absolute atomic E-state index is 0.401. The maximum atomic E-state index is 10.5. The van der Waals surface area contributed by atoms with Crippen molar-refractivity contribution in [3.05, 3.63) is 15.7 Å². The van der Waals surface area contributed by atoms with Crippen LogP contribution in [0, 0.1) is 3.70 Å². The van der Waals surface area contributed by atoms with E-state index in [-0.39, 0.29) is 0 Å². The highest BCUT2D eigenvalue weighted by atomic mass is 127. The molecule has 0 unspecified atom stereocenters. The van der Waals surface area contributed by atoms with Crippen LogP contribution in [0.25, 0.3) is 0 Å². The van der Waals surface area contributed by atoms with Gasteiger partial charge in [0.05, 0.1) is 0 Å². The van der Waals surface area contributed by atoms with Gasteiger partial charge in [0.2, 0.25) is 0 Å². The molecule has 0 bridgehead atoms. The van der Waals surface area contributed by atoms with E-state index in [9.17, 15) is 4.79 Å². The molecule has 0 amide bonds. The number of imidazole rings is 1. The first-order valence-electron chi connectivity index (χ1n) is 4.03. The van der Waals surface area contributed by atoms with E-state index in [1.807, 2.05) is 6.92 Å². The monoisotopic (exact) mass is 294 g/mol. The van der Waals surface area contributed by atoms with Crippen LogP contribution in [-0.4, -0.2) is 22.4 Å². The fraction of sp³-hybridized carbons (Fsp3) is 0.500. The lowest BCUT2D eigenvalue weighted by atomic mass is 10.5. The third-order valence-electron chi connectivity index (χ3n) is 1.46. The molecule has 4 nitrogen and oxygen atoms in total. The summed E-state index contributed by atoms with van der Waals surface area (Å²) in [5.74, 6) is 0.417. The zero-order valence-corrected chi connectivity index (χ0v) is 9.52. The van der Waals surface area contributed by atoms with Crippen LogP contribution in [0.2, 0.25) is 0 Å². The van der Waals surface area contributed by atoms with Gasteiger partial charge in [-0.15, -0.1) is 0 Å². The molecule has 0 aliphatic rings. The number of aromatic nitrogens is 2. The molecule has 0 atom stereocenters. The predicted molar refractivity (Wildman–Crippen MR) is 56.6 cm³/mol. The van der Waals surface area contributed by atoms with Crippen LogP contribution in [-0.2, 0) is 11.5 Å². The molecule has 0 saturated carbocycles. The Morgan fingerprint density at radius 2 is 2.54 bits per heavy atom. The average molecular weight is 294 g/mol. The topological polar surface area (TPSA) is 44.1 Å². The second-order valence-corrected chi connectivity index (χ2v) is 3.65. The predicted octanol–water partition coefficient (Wildman–Crippen LogP) is 1.68. The van der Waals surface area contributed by atoms with Crippen molar-refractivity contribution in [2.45, 2.75) is 20.1 Å². The molecule has 0 radical (unpaired) electrons. The summed E-state index contributed by atoms with van der Waals surface area (Å²) >= 11 is 2.06. The summed E-state index contributed by atoms with van der Waals surface area (Å²) in [6.45, 7) is 3.14. The second kappa shape index (κ2) is 5.33. The summed E-state index contributed by atoms with van der Waals surface area (Å²) < 4.78 is 7.79. The Bertz CT molecular complexity index is 286. The second-order valence-electron chi connectivity index (χ2n) is 2.55. The molecule has 0 spiro atoms. The standard InChI is InChI=1S/C8H11IN2O2/c1-2-3-13-6-11-4-7(9)10-8(11)5-12/h4-5H,2-3,6H2,1H3. The molecule has 1 rings (SSSR count). The Labute approximate surface area is 90.4 Å². The molecule has 1 heterocycles. The van der Waals surface area contributed by atoms with Gasteiger partial charge in [-0.3, -0.25) is 4.79 Å². The van der Waals surface area contributed by atoms with E-state index in [1.54, 1.807) is 10.8 Å². The number of rotatable bonds is 5. The number of hydrogen-bond donors (Lipinski definition) is 0. The summed E-state index contributed by atoms with van der Waals surface area (Å²) in [5.41, 5.74) is 0. The van der Waals surface area contributed by atoms with E-state index >= 15 is 0 Å². The van der Waals surface area contributed by atoms with Crippen molar-refractivity contribution >= 4 is 28.9 Å². The molecule has 0 aliphatic heterocycles. The lowest BCUT2D eigenvalue weighted by molar-refractivity contribution is 0.0745. The van der Waals surface area contributed by atoms with Crippen molar-refractivity contribution in [2.24, 2.45) is 0 Å². The number of hydrogen-bond acceptors (Lipinski definition) is 3. The summed E-state index contributed by atoms with van der Waals surface area (Å²) in [5, 5.41) is 0. The molecule has 0 N–H and O–H groups in total. The summed E-state index contributed by atoms with van der Waals surface area (Å²) in [6.07, 6.45) is 3.50. The van der Waals surface area contributed by atoms with Gasteiger partial charge in [0, 0.05) is 12.8 Å². The van der Waals surface area contributed by atoms with Crippen molar-refractivity contribution in [3.8, 4) is 0 Å². The minimum Gasteiger partial charge on any atom is -0.361 e. The van der Waals surface area contributed by atoms with Crippen molar-refractivity contribution in [1.29, 1.82) is 0 Å². The molecule has 0 aromatic carbocycles. The number of nitrogens with zero attached hydrogens (tertiary/aromatic N) is 2. The lowest BCUT2D eigenvalue weighted by Crippen LogP contribution is -2.05.